The van der Waals surface area contributed by atoms with Crippen molar-refractivity contribution in [2.24, 2.45) is 22.4 Å². The maximum Gasteiger partial charge on any atom is 0.320 e. The number of carbonyl (C=O) groups is 2. The summed E-state index contributed by atoms with van der Waals surface area (Å²) in [4.78, 5) is 24.9. The van der Waals surface area contributed by atoms with E-state index in [0.29, 0.717) is 6.54 Å². The quantitative estimate of drug-likeness (QED) is 0.256. The zero-order chi connectivity index (χ0) is 13.4. The van der Waals surface area contributed by atoms with Crippen LogP contribution in [0, 0.1) is 5.92 Å². The van der Waals surface area contributed by atoms with Gasteiger partial charge in [-0.1, -0.05) is 6.92 Å². The summed E-state index contributed by atoms with van der Waals surface area (Å²) in [6, 6.07) is -0.921. The molecule has 0 heterocycles. The number of carboxylic acids is 2. The Hall–Kier alpha value is -1.83. The van der Waals surface area contributed by atoms with Gasteiger partial charge in [0.25, 0.3) is 0 Å². The van der Waals surface area contributed by atoms with Crippen molar-refractivity contribution in [2.45, 2.75) is 19.4 Å². The maximum atomic E-state index is 10.8. The van der Waals surface area contributed by atoms with E-state index < -0.39 is 24.5 Å². The zero-order valence-electron chi connectivity index (χ0n) is 9.59. The second kappa shape index (κ2) is 7.44. The van der Waals surface area contributed by atoms with E-state index in [1.807, 2.05) is 0 Å². The van der Waals surface area contributed by atoms with Gasteiger partial charge in [-0.05, 0) is 12.3 Å². The molecule has 0 fully saturated rings. The Morgan fingerprint density at radius 2 is 1.94 bits per heavy atom. The van der Waals surface area contributed by atoms with E-state index in [2.05, 4.69) is 10.3 Å². The highest BCUT2D eigenvalue weighted by Gasteiger charge is 2.20. The molecule has 0 rings (SSSR count). The van der Waals surface area contributed by atoms with Gasteiger partial charge >= 0.3 is 11.9 Å². The maximum absolute atomic E-state index is 10.8. The third-order valence-electron chi connectivity index (χ3n) is 2.02. The number of guanidine groups is 1. The lowest BCUT2D eigenvalue weighted by Crippen LogP contribution is -2.41. The molecule has 0 saturated heterocycles. The van der Waals surface area contributed by atoms with E-state index in [1.54, 1.807) is 6.92 Å². The molecular formula is C9H18N4O4. The van der Waals surface area contributed by atoms with E-state index in [4.69, 9.17) is 21.7 Å². The highest BCUT2D eigenvalue weighted by atomic mass is 16.4. The molecule has 0 aromatic rings. The van der Waals surface area contributed by atoms with Crippen molar-refractivity contribution in [3.63, 3.8) is 0 Å². The Labute approximate surface area is 98.7 Å². The molecule has 0 spiro atoms. The van der Waals surface area contributed by atoms with Crippen LogP contribution in [-0.2, 0) is 9.59 Å². The zero-order valence-corrected chi connectivity index (χ0v) is 9.59. The monoisotopic (exact) mass is 246 g/mol. The minimum Gasteiger partial charge on any atom is -0.480 e. The summed E-state index contributed by atoms with van der Waals surface area (Å²) in [5, 5.41) is 19.7. The van der Waals surface area contributed by atoms with Gasteiger partial charge in [0.15, 0.2) is 5.96 Å². The lowest BCUT2D eigenvalue weighted by molar-refractivity contribution is -0.140. The fourth-order valence-corrected chi connectivity index (χ4v) is 1.22. The molecule has 0 aromatic heterocycles. The first-order valence-electron chi connectivity index (χ1n) is 5.06. The standard InChI is InChI=1S/C9H18N4O4/c1-5(3-13-9(10)11)2-6(8(16)17)12-4-7(14)15/h5-6,12H,2-4H2,1H3,(H,14,15)(H,16,17)(H4,10,11,13). The van der Waals surface area contributed by atoms with Crippen LogP contribution in [0.3, 0.4) is 0 Å². The van der Waals surface area contributed by atoms with Crippen LogP contribution in [0.25, 0.3) is 0 Å². The number of nitrogens with zero attached hydrogens (tertiary/aromatic N) is 1. The summed E-state index contributed by atoms with van der Waals surface area (Å²) in [7, 11) is 0. The number of hydrogen-bond acceptors (Lipinski definition) is 4. The Balaban J connectivity index is 4.19. The van der Waals surface area contributed by atoms with E-state index >= 15 is 0 Å². The highest BCUT2D eigenvalue weighted by Crippen LogP contribution is 2.06. The van der Waals surface area contributed by atoms with Crippen molar-refractivity contribution in [2.75, 3.05) is 13.1 Å². The van der Waals surface area contributed by atoms with E-state index in [0.717, 1.165) is 0 Å². The predicted octanol–water partition coefficient (Wildman–Crippen LogP) is -1.59. The smallest absolute Gasteiger partial charge is 0.320 e. The Bertz CT molecular complexity index is 301. The van der Waals surface area contributed by atoms with E-state index in [9.17, 15) is 9.59 Å². The average Bonchev–Trinajstić information content (AvgIpc) is 2.20. The van der Waals surface area contributed by atoms with Gasteiger partial charge in [0.1, 0.15) is 6.04 Å². The van der Waals surface area contributed by atoms with Crippen LogP contribution in [0.15, 0.2) is 4.99 Å². The Morgan fingerprint density at radius 3 is 2.35 bits per heavy atom. The van der Waals surface area contributed by atoms with Gasteiger partial charge in [-0.2, -0.15) is 0 Å². The second-order valence-corrected chi connectivity index (χ2v) is 3.77. The van der Waals surface area contributed by atoms with Gasteiger partial charge in [-0.25, -0.2) is 0 Å². The number of aliphatic imine (C=N–C) groups is 1. The predicted molar refractivity (Wildman–Crippen MR) is 61.5 cm³/mol. The van der Waals surface area contributed by atoms with Crippen molar-refractivity contribution in [3.8, 4) is 0 Å². The molecule has 2 atom stereocenters. The molecule has 0 radical (unpaired) electrons. The summed E-state index contributed by atoms with van der Waals surface area (Å²) in [5.74, 6) is -2.32. The van der Waals surface area contributed by atoms with Gasteiger partial charge in [-0.15, -0.1) is 0 Å². The molecule has 0 aliphatic heterocycles. The number of rotatable bonds is 8. The number of nitrogens with two attached hydrogens (primary N) is 2. The van der Waals surface area contributed by atoms with Gasteiger partial charge in [0, 0.05) is 6.54 Å². The molecule has 7 N–H and O–H groups in total. The third-order valence-corrected chi connectivity index (χ3v) is 2.02. The Morgan fingerprint density at radius 1 is 1.35 bits per heavy atom. The summed E-state index contributed by atoms with van der Waals surface area (Å²) in [6.45, 7) is 1.69. The number of aliphatic carboxylic acids is 2. The van der Waals surface area contributed by atoms with Crippen LogP contribution in [0.1, 0.15) is 13.3 Å². The van der Waals surface area contributed by atoms with Crippen LogP contribution in [0.2, 0.25) is 0 Å². The van der Waals surface area contributed by atoms with Crippen molar-refractivity contribution < 1.29 is 19.8 Å². The molecule has 98 valence electrons. The second-order valence-electron chi connectivity index (χ2n) is 3.77. The molecule has 17 heavy (non-hydrogen) atoms. The molecular weight excluding hydrogens is 228 g/mol. The lowest BCUT2D eigenvalue weighted by atomic mass is 10.0. The molecule has 0 aliphatic carbocycles. The topological polar surface area (TPSA) is 151 Å². The molecule has 0 aromatic carbocycles. The Kier molecular flexibility index (Phi) is 6.64. The van der Waals surface area contributed by atoms with Crippen molar-refractivity contribution >= 4 is 17.9 Å². The molecule has 0 aliphatic rings. The van der Waals surface area contributed by atoms with Gasteiger partial charge in [0.2, 0.25) is 0 Å². The first kappa shape index (κ1) is 15.2. The fourth-order valence-electron chi connectivity index (χ4n) is 1.22. The summed E-state index contributed by atoms with van der Waals surface area (Å²) >= 11 is 0. The fraction of sp³-hybridized carbons (Fsp3) is 0.667. The van der Waals surface area contributed by atoms with Gasteiger partial charge in [0.05, 0.1) is 6.54 Å². The van der Waals surface area contributed by atoms with Crippen molar-refractivity contribution in [3.05, 3.63) is 0 Å². The van der Waals surface area contributed by atoms with E-state index in [1.165, 1.54) is 0 Å². The van der Waals surface area contributed by atoms with Crippen LogP contribution >= 0.6 is 0 Å². The largest absolute Gasteiger partial charge is 0.480 e. The third kappa shape index (κ3) is 8.03. The average molecular weight is 246 g/mol. The van der Waals surface area contributed by atoms with Gasteiger partial charge < -0.3 is 21.7 Å². The molecule has 0 bridgehead atoms. The number of hydrogen-bond donors (Lipinski definition) is 5. The minimum absolute atomic E-state index is 0.0535. The normalized spacial score (nSPS) is 13.7. The summed E-state index contributed by atoms with van der Waals surface area (Å²) < 4.78 is 0. The van der Waals surface area contributed by atoms with Crippen LogP contribution < -0.4 is 16.8 Å². The van der Waals surface area contributed by atoms with Crippen molar-refractivity contribution in [1.29, 1.82) is 0 Å². The molecule has 0 saturated carbocycles. The summed E-state index contributed by atoms with van der Waals surface area (Å²) in [6.07, 6.45) is 0.249. The molecule has 8 nitrogen and oxygen atoms in total. The molecule has 0 amide bonds. The minimum atomic E-state index is -1.10. The first-order chi connectivity index (χ1) is 7.82. The first-order valence-corrected chi connectivity index (χ1v) is 5.06. The number of carboxylic acid groups (broad SMARTS) is 2. The summed E-state index contributed by atoms with van der Waals surface area (Å²) in [5.41, 5.74) is 10.3. The SMILES string of the molecule is CC(CN=C(N)N)CC(NCC(=O)O)C(=O)O. The van der Waals surface area contributed by atoms with Crippen molar-refractivity contribution in [1.82, 2.24) is 5.32 Å². The lowest BCUT2D eigenvalue weighted by Gasteiger charge is -2.16. The number of nitrogens with one attached hydrogen (secondary N) is 1. The molecule has 2 unspecified atom stereocenters. The van der Waals surface area contributed by atoms with Gasteiger partial charge in [-0.3, -0.25) is 19.9 Å². The van der Waals surface area contributed by atoms with Crippen LogP contribution in [-0.4, -0.2) is 47.2 Å². The van der Waals surface area contributed by atoms with Crippen LogP contribution in [0.4, 0.5) is 0 Å². The van der Waals surface area contributed by atoms with E-state index in [-0.39, 0.29) is 18.3 Å². The van der Waals surface area contributed by atoms with Crippen LogP contribution in [0.5, 0.6) is 0 Å². The molecule has 8 heteroatoms. The highest BCUT2D eigenvalue weighted by molar-refractivity contribution is 5.76.